The number of rotatable bonds is 8. The molecule has 1 N–H and O–H groups in total. The lowest BCUT2D eigenvalue weighted by molar-refractivity contribution is -0.138. The Morgan fingerprint density at radius 3 is 2.54 bits per heavy atom. The van der Waals surface area contributed by atoms with Crippen LogP contribution in [0.3, 0.4) is 0 Å². The van der Waals surface area contributed by atoms with E-state index in [-0.39, 0.29) is 25.0 Å². The molecule has 1 amide bonds. The molecule has 2 heterocycles. The highest BCUT2D eigenvalue weighted by Gasteiger charge is 2.30. The smallest absolute Gasteiger partial charge is 0.323 e. The Kier molecular flexibility index (Phi) is 6.54. The number of aliphatic carboxylic acids is 1. The van der Waals surface area contributed by atoms with Gasteiger partial charge in [0.15, 0.2) is 17.3 Å². The molecule has 0 spiro atoms. The summed E-state index contributed by atoms with van der Waals surface area (Å²) in [5.41, 5.74) is 0. The topological polar surface area (TPSA) is 98.4 Å². The molecule has 0 atom stereocenters. The molecule has 28 heavy (non-hydrogen) atoms. The van der Waals surface area contributed by atoms with E-state index in [2.05, 4.69) is 0 Å². The van der Waals surface area contributed by atoms with Crippen molar-refractivity contribution in [1.82, 2.24) is 4.90 Å². The first-order valence-electron chi connectivity index (χ1n) is 9.03. The molecule has 0 unspecified atom stereocenters. The second kappa shape index (κ2) is 9.27. The quantitative estimate of drug-likeness (QED) is 0.741. The van der Waals surface area contributed by atoms with E-state index < -0.39 is 11.9 Å². The van der Waals surface area contributed by atoms with Gasteiger partial charge in [0, 0.05) is 19.3 Å². The minimum atomic E-state index is -1.06. The van der Waals surface area contributed by atoms with Crippen LogP contribution >= 0.6 is 0 Å². The normalized spacial score (nSPS) is 14.5. The largest absolute Gasteiger partial charge is 0.493 e. The number of hydrogen-bond acceptors (Lipinski definition) is 6. The molecule has 0 aliphatic carbocycles. The molecule has 0 radical (unpaired) electrons. The van der Waals surface area contributed by atoms with Crippen molar-refractivity contribution in [3.8, 4) is 11.5 Å². The molecule has 2 aromatic rings. The molecule has 1 aromatic heterocycles. The van der Waals surface area contributed by atoms with Crippen LogP contribution in [0.15, 0.2) is 40.8 Å². The van der Waals surface area contributed by atoms with Crippen LogP contribution in [0, 0.1) is 0 Å². The summed E-state index contributed by atoms with van der Waals surface area (Å²) >= 11 is 0. The molecule has 150 valence electrons. The Labute approximate surface area is 162 Å². The summed E-state index contributed by atoms with van der Waals surface area (Å²) < 4.78 is 21.8. The number of carbonyl (C=O) groups excluding carboxylic acids is 1. The molecule has 1 saturated heterocycles. The summed E-state index contributed by atoms with van der Waals surface area (Å²) in [6.07, 6.45) is 1.20. The number of nitrogens with zero attached hydrogens (tertiary/aromatic N) is 1. The molecular formula is C20H23NO7. The van der Waals surface area contributed by atoms with E-state index in [0.717, 1.165) is 0 Å². The number of methoxy groups -OCH3 is 1. The Bertz CT molecular complexity index is 810. The molecular weight excluding hydrogens is 366 g/mol. The monoisotopic (exact) mass is 389 g/mol. The van der Waals surface area contributed by atoms with Gasteiger partial charge in [-0.15, -0.1) is 0 Å². The van der Waals surface area contributed by atoms with Crippen LogP contribution in [0.5, 0.6) is 11.5 Å². The van der Waals surface area contributed by atoms with Crippen molar-refractivity contribution < 1.29 is 33.3 Å². The van der Waals surface area contributed by atoms with Gasteiger partial charge in [0.05, 0.1) is 7.11 Å². The molecule has 8 nitrogen and oxygen atoms in total. The first-order valence-corrected chi connectivity index (χ1v) is 9.03. The molecule has 1 aromatic carbocycles. The van der Waals surface area contributed by atoms with Gasteiger partial charge in [-0.05, 0) is 37.1 Å². The molecule has 0 saturated carbocycles. The van der Waals surface area contributed by atoms with E-state index in [1.165, 1.54) is 11.0 Å². The van der Waals surface area contributed by atoms with E-state index in [1.807, 2.05) is 12.1 Å². The SMILES string of the molecule is COc1ccccc1OCc1ccc(C(=O)N(CC(=O)O)C2CCOCC2)o1. The van der Waals surface area contributed by atoms with Crippen LogP contribution in [0.4, 0.5) is 0 Å². The molecule has 8 heteroatoms. The first-order chi connectivity index (χ1) is 13.6. The summed E-state index contributed by atoms with van der Waals surface area (Å²) in [7, 11) is 1.55. The molecule has 1 fully saturated rings. The van der Waals surface area contributed by atoms with Crippen LogP contribution in [0.1, 0.15) is 29.2 Å². The van der Waals surface area contributed by atoms with Gasteiger partial charge in [-0.25, -0.2) is 0 Å². The number of ether oxygens (including phenoxy) is 3. The number of amides is 1. The van der Waals surface area contributed by atoms with Crippen molar-refractivity contribution in [2.24, 2.45) is 0 Å². The second-order valence-electron chi connectivity index (χ2n) is 6.38. The molecule has 3 rings (SSSR count). The zero-order chi connectivity index (χ0) is 19.9. The van der Waals surface area contributed by atoms with Gasteiger partial charge in [-0.1, -0.05) is 12.1 Å². The Hall–Kier alpha value is -3.00. The molecule has 1 aliphatic rings. The van der Waals surface area contributed by atoms with Crippen molar-refractivity contribution in [3.63, 3.8) is 0 Å². The highest BCUT2D eigenvalue weighted by molar-refractivity contribution is 5.93. The van der Waals surface area contributed by atoms with Crippen LogP contribution in [-0.2, 0) is 16.1 Å². The van der Waals surface area contributed by atoms with Gasteiger partial charge in [0.1, 0.15) is 18.9 Å². The van der Waals surface area contributed by atoms with Crippen molar-refractivity contribution in [2.45, 2.75) is 25.5 Å². The second-order valence-corrected chi connectivity index (χ2v) is 6.38. The van der Waals surface area contributed by atoms with Crippen molar-refractivity contribution in [1.29, 1.82) is 0 Å². The lowest BCUT2D eigenvalue weighted by atomic mass is 10.1. The zero-order valence-corrected chi connectivity index (χ0v) is 15.6. The summed E-state index contributed by atoms with van der Waals surface area (Å²) in [5, 5.41) is 9.19. The fraction of sp³-hybridized carbons (Fsp3) is 0.400. The van der Waals surface area contributed by atoms with Gasteiger partial charge in [0.25, 0.3) is 5.91 Å². The average molecular weight is 389 g/mol. The van der Waals surface area contributed by atoms with Crippen molar-refractivity contribution in [2.75, 3.05) is 26.9 Å². The predicted molar refractivity (Wildman–Crippen MR) is 98.5 cm³/mol. The molecule has 1 aliphatic heterocycles. The van der Waals surface area contributed by atoms with Gasteiger partial charge >= 0.3 is 5.97 Å². The third-order valence-electron chi connectivity index (χ3n) is 4.51. The van der Waals surface area contributed by atoms with Crippen LogP contribution < -0.4 is 9.47 Å². The van der Waals surface area contributed by atoms with E-state index in [1.54, 1.807) is 25.3 Å². The fourth-order valence-corrected chi connectivity index (χ4v) is 3.11. The Balaban J connectivity index is 1.68. The number of carboxylic acids is 1. The van der Waals surface area contributed by atoms with E-state index >= 15 is 0 Å². The van der Waals surface area contributed by atoms with E-state index in [0.29, 0.717) is 43.3 Å². The van der Waals surface area contributed by atoms with E-state index in [9.17, 15) is 14.7 Å². The lowest BCUT2D eigenvalue weighted by Gasteiger charge is -2.32. The number of para-hydroxylation sites is 2. The van der Waals surface area contributed by atoms with Crippen molar-refractivity contribution in [3.05, 3.63) is 47.9 Å². The fourth-order valence-electron chi connectivity index (χ4n) is 3.11. The summed E-state index contributed by atoms with van der Waals surface area (Å²) in [6.45, 7) is 0.746. The Morgan fingerprint density at radius 1 is 1.14 bits per heavy atom. The average Bonchev–Trinajstić information content (AvgIpc) is 3.20. The lowest BCUT2D eigenvalue weighted by Crippen LogP contribution is -2.45. The number of carbonyl (C=O) groups is 2. The van der Waals surface area contributed by atoms with Crippen LogP contribution in [-0.4, -0.2) is 54.8 Å². The maximum Gasteiger partial charge on any atom is 0.323 e. The van der Waals surface area contributed by atoms with E-state index in [4.69, 9.17) is 18.6 Å². The number of benzene rings is 1. The zero-order valence-electron chi connectivity index (χ0n) is 15.6. The minimum Gasteiger partial charge on any atom is -0.493 e. The maximum absolute atomic E-state index is 12.8. The van der Waals surface area contributed by atoms with Gasteiger partial charge in [-0.3, -0.25) is 9.59 Å². The third-order valence-corrected chi connectivity index (χ3v) is 4.51. The standard InChI is InChI=1S/C20H23NO7/c1-25-16-4-2-3-5-17(16)27-13-15-6-7-18(28-15)20(24)21(12-19(22)23)14-8-10-26-11-9-14/h2-7,14H,8-13H2,1H3,(H,22,23). The van der Waals surface area contributed by atoms with Crippen molar-refractivity contribution >= 4 is 11.9 Å². The summed E-state index contributed by atoms with van der Waals surface area (Å²) in [4.78, 5) is 25.4. The first kappa shape index (κ1) is 19.8. The number of hydrogen-bond donors (Lipinski definition) is 1. The number of furan rings is 1. The number of carboxylic acid groups (broad SMARTS) is 1. The summed E-state index contributed by atoms with van der Waals surface area (Å²) in [5.74, 6) is 0.188. The maximum atomic E-state index is 12.8. The highest BCUT2D eigenvalue weighted by Crippen LogP contribution is 2.27. The van der Waals surface area contributed by atoms with Crippen LogP contribution in [0.2, 0.25) is 0 Å². The third kappa shape index (κ3) is 4.83. The molecule has 0 bridgehead atoms. The predicted octanol–water partition coefficient (Wildman–Crippen LogP) is 2.57. The minimum absolute atomic E-state index is 0.0892. The van der Waals surface area contributed by atoms with Gasteiger partial charge < -0.3 is 28.6 Å². The highest BCUT2D eigenvalue weighted by atomic mass is 16.5. The van der Waals surface area contributed by atoms with Gasteiger partial charge in [-0.2, -0.15) is 0 Å². The van der Waals surface area contributed by atoms with Crippen LogP contribution in [0.25, 0.3) is 0 Å². The Morgan fingerprint density at radius 2 is 1.86 bits per heavy atom. The van der Waals surface area contributed by atoms with Gasteiger partial charge in [0.2, 0.25) is 0 Å². The summed E-state index contributed by atoms with van der Waals surface area (Å²) in [6, 6.07) is 10.2.